The van der Waals surface area contributed by atoms with Crippen LogP contribution in [0.2, 0.25) is 0 Å². The number of aryl methyl sites for hydroxylation is 1. The van der Waals surface area contributed by atoms with Crippen molar-refractivity contribution in [2.75, 3.05) is 6.54 Å². The molecule has 0 amide bonds. The minimum absolute atomic E-state index is 0.0192. The van der Waals surface area contributed by atoms with Gasteiger partial charge in [0.2, 0.25) is 5.89 Å². The van der Waals surface area contributed by atoms with Gasteiger partial charge in [0.1, 0.15) is 11.6 Å². The van der Waals surface area contributed by atoms with Crippen LogP contribution in [0.3, 0.4) is 0 Å². The minimum Gasteiger partial charge on any atom is -0.438 e. The van der Waals surface area contributed by atoms with Crippen molar-refractivity contribution in [3.05, 3.63) is 53.9 Å². The zero-order chi connectivity index (χ0) is 16.5. The average Bonchev–Trinajstić information content (AvgIpc) is 3.26. The van der Waals surface area contributed by atoms with Crippen LogP contribution in [-0.2, 0) is 6.42 Å². The Balaban J connectivity index is 1.72. The number of fused-ring (bicyclic) bond motifs is 1. The molecule has 4 rings (SSSR count). The quantitative estimate of drug-likeness (QED) is 0.658. The lowest BCUT2D eigenvalue weighted by Gasteiger charge is -2.13. The molecule has 3 aromatic rings. The first-order chi connectivity index (χ1) is 11.8. The molecule has 1 aromatic heterocycles. The van der Waals surface area contributed by atoms with Crippen LogP contribution in [0, 0.1) is 11.5 Å². The fourth-order valence-corrected chi connectivity index (χ4v) is 3.38. The van der Waals surface area contributed by atoms with Gasteiger partial charge in [-0.15, -0.1) is 0 Å². The first kappa shape index (κ1) is 14.8. The van der Waals surface area contributed by atoms with E-state index in [2.05, 4.69) is 54.5 Å². The highest BCUT2D eigenvalue weighted by atomic mass is 16.3. The topological polar surface area (TPSA) is 53.1 Å². The summed E-state index contributed by atoms with van der Waals surface area (Å²) in [4.78, 5) is 6.42. The van der Waals surface area contributed by atoms with Crippen molar-refractivity contribution in [2.45, 2.75) is 32.2 Å². The number of nitriles is 1. The summed E-state index contributed by atoms with van der Waals surface area (Å²) in [6.45, 7) is 2.95. The number of oxazole rings is 1. The van der Waals surface area contributed by atoms with E-state index in [0.717, 1.165) is 42.5 Å². The highest BCUT2D eigenvalue weighted by molar-refractivity contribution is 5.80. The zero-order valence-electron chi connectivity index (χ0n) is 13.7. The molecular formula is C20H19N3O. The van der Waals surface area contributed by atoms with E-state index in [4.69, 9.17) is 4.42 Å². The number of nitrogens with zero attached hydrogens (tertiary/aromatic N) is 3. The fourth-order valence-electron chi connectivity index (χ4n) is 3.38. The third-order valence-electron chi connectivity index (χ3n) is 4.74. The molecule has 1 aliphatic heterocycles. The molecule has 4 nitrogen and oxygen atoms in total. The largest absolute Gasteiger partial charge is 0.438 e. The maximum absolute atomic E-state index is 9.22. The number of benzene rings is 2. The summed E-state index contributed by atoms with van der Waals surface area (Å²) in [5.74, 6) is 0.656. The molecule has 1 atom stereocenters. The Bertz CT molecular complexity index is 922. The highest BCUT2D eigenvalue weighted by Crippen LogP contribution is 2.33. The van der Waals surface area contributed by atoms with Crippen molar-refractivity contribution in [3.8, 4) is 17.3 Å². The van der Waals surface area contributed by atoms with E-state index in [0.29, 0.717) is 5.89 Å². The van der Waals surface area contributed by atoms with Gasteiger partial charge in [0.15, 0.2) is 11.8 Å². The molecule has 0 N–H and O–H groups in total. The van der Waals surface area contributed by atoms with Gasteiger partial charge in [-0.25, -0.2) is 4.98 Å². The van der Waals surface area contributed by atoms with Crippen molar-refractivity contribution in [1.29, 1.82) is 5.26 Å². The smallest absolute Gasteiger partial charge is 0.218 e. The lowest BCUT2D eigenvalue weighted by atomic mass is 10.0. The lowest BCUT2D eigenvalue weighted by molar-refractivity contribution is 0.314. The van der Waals surface area contributed by atoms with Gasteiger partial charge in [-0.1, -0.05) is 37.3 Å². The number of rotatable bonds is 3. The van der Waals surface area contributed by atoms with Crippen LogP contribution in [0.15, 0.2) is 46.9 Å². The molecule has 2 heterocycles. The van der Waals surface area contributed by atoms with E-state index in [1.807, 2.05) is 6.07 Å². The third-order valence-corrected chi connectivity index (χ3v) is 4.74. The molecule has 120 valence electrons. The van der Waals surface area contributed by atoms with Crippen molar-refractivity contribution in [1.82, 2.24) is 9.88 Å². The average molecular weight is 317 g/mol. The molecular weight excluding hydrogens is 298 g/mol. The van der Waals surface area contributed by atoms with Crippen LogP contribution in [0.4, 0.5) is 0 Å². The maximum Gasteiger partial charge on any atom is 0.218 e. The summed E-state index contributed by atoms with van der Waals surface area (Å²) in [5.41, 5.74) is 5.30. The summed E-state index contributed by atoms with van der Waals surface area (Å²) in [7, 11) is 0. The lowest BCUT2D eigenvalue weighted by Crippen LogP contribution is -2.17. The summed E-state index contributed by atoms with van der Waals surface area (Å²) in [6, 6.07) is 14.7. The molecule has 2 aromatic carbocycles. The number of aromatic nitrogens is 1. The van der Waals surface area contributed by atoms with Gasteiger partial charge in [0.05, 0.1) is 0 Å². The van der Waals surface area contributed by atoms with Gasteiger partial charge in [0.25, 0.3) is 0 Å². The number of hydrogen-bond acceptors (Lipinski definition) is 4. The van der Waals surface area contributed by atoms with E-state index in [1.54, 1.807) is 4.90 Å². The Labute approximate surface area is 141 Å². The van der Waals surface area contributed by atoms with Crippen molar-refractivity contribution in [3.63, 3.8) is 0 Å². The predicted molar refractivity (Wildman–Crippen MR) is 93.1 cm³/mol. The minimum atomic E-state index is -0.0192. The first-order valence-corrected chi connectivity index (χ1v) is 8.44. The van der Waals surface area contributed by atoms with Crippen molar-refractivity contribution < 1.29 is 4.42 Å². The second-order valence-corrected chi connectivity index (χ2v) is 6.24. The summed E-state index contributed by atoms with van der Waals surface area (Å²) >= 11 is 0. The Morgan fingerprint density at radius 2 is 2.12 bits per heavy atom. The molecule has 24 heavy (non-hydrogen) atoms. The van der Waals surface area contributed by atoms with Crippen LogP contribution < -0.4 is 0 Å². The molecule has 0 unspecified atom stereocenters. The SMILES string of the molecule is CCc1cccc(-c2ccc3oc([C@@H]4CCCN4C#N)nc3c2)c1. The highest BCUT2D eigenvalue weighted by Gasteiger charge is 2.29. The van der Waals surface area contributed by atoms with Gasteiger partial charge >= 0.3 is 0 Å². The predicted octanol–water partition coefficient (Wildman–Crippen LogP) is 4.68. The zero-order valence-corrected chi connectivity index (χ0v) is 13.7. The molecule has 0 saturated carbocycles. The standard InChI is InChI=1S/C20H19N3O/c1-2-14-5-3-6-15(11-14)16-8-9-19-17(12-16)22-20(24-19)18-7-4-10-23(18)13-21/h3,5-6,8-9,11-12,18H,2,4,7,10H2,1H3/t18-/m0/s1. The Morgan fingerprint density at radius 3 is 2.96 bits per heavy atom. The van der Waals surface area contributed by atoms with Crippen LogP contribution in [0.5, 0.6) is 0 Å². The summed E-state index contributed by atoms with van der Waals surface area (Å²) in [5, 5.41) is 9.22. The maximum atomic E-state index is 9.22. The third kappa shape index (κ3) is 2.52. The van der Waals surface area contributed by atoms with Gasteiger partial charge in [-0.05, 0) is 48.1 Å². The molecule has 0 aliphatic carbocycles. The normalized spacial score (nSPS) is 17.3. The Hall–Kier alpha value is -2.80. The number of hydrogen-bond donors (Lipinski definition) is 0. The summed E-state index contributed by atoms with van der Waals surface area (Å²) in [6.07, 6.45) is 5.19. The molecule has 0 bridgehead atoms. The fraction of sp³-hybridized carbons (Fsp3) is 0.300. The van der Waals surface area contributed by atoms with E-state index >= 15 is 0 Å². The second-order valence-electron chi connectivity index (χ2n) is 6.24. The molecule has 1 fully saturated rings. The van der Waals surface area contributed by atoms with Crippen molar-refractivity contribution in [2.24, 2.45) is 0 Å². The van der Waals surface area contributed by atoms with E-state index in [9.17, 15) is 5.26 Å². The van der Waals surface area contributed by atoms with Crippen molar-refractivity contribution >= 4 is 11.1 Å². The van der Waals surface area contributed by atoms with Crippen LogP contribution >= 0.6 is 0 Å². The van der Waals surface area contributed by atoms with E-state index < -0.39 is 0 Å². The Morgan fingerprint density at radius 1 is 1.25 bits per heavy atom. The van der Waals surface area contributed by atoms with E-state index in [-0.39, 0.29) is 6.04 Å². The van der Waals surface area contributed by atoms with Crippen LogP contribution in [0.25, 0.3) is 22.2 Å². The summed E-state index contributed by atoms with van der Waals surface area (Å²) < 4.78 is 5.92. The number of likely N-dealkylation sites (tertiary alicyclic amines) is 1. The monoisotopic (exact) mass is 317 g/mol. The molecule has 4 heteroatoms. The van der Waals surface area contributed by atoms with Crippen LogP contribution in [-0.4, -0.2) is 16.4 Å². The Kier molecular flexibility index (Phi) is 3.70. The molecule has 1 saturated heterocycles. The van der Waals surface area contributed by atoms with Gasteiger partial charge in [0, 0.05) is 6.54 Å². The first-order valence-electron chi connectivity index (χ1n) is 8.44. The van der Waals surface area contributed by atoms with Gasteiger partial charge in [-0.3, -0.25) is 4.90 Å². The second kappa shape index (κ2) is 6.01. The van der Waals surface area contributed by atoms with Gasteiger partial charge in [-0.2, -0.15) is 5.26 Å². The molecule has 1 aliphatic rings. The van der Waals surface area contributed by atoms with Crippen LogP contribution in [0.1, 0.15) is 37.3 Å². The molecule has 0 spiro atoms. The molecule has 0 radical (unpaired) electrons. The van der Waals surface area contributed by atoms with Gasteiger partial charge < -0.3 is 4.42 Å². The van der Waals surface area contributed by atoms with E-state index in [1.165, 1.54) is 11.1 Å².